The highest BCUT2D eigenvalue weighted by molar-refractivity contribution is 9.10. The Hall–Kier alpha value is -1.14. The molecule has 1 aromatic rings. The molecule has 0 amide bonds. The highest BCUT2D eigenvalue weighted by atomic mass is 79.9. The lowest BCUT2D eigenvalue weighted by Crippen LogP contribution is -2.08. The summed E-state index contributed by atoms with van der Waals surface area (Å²) in [5.41, 5.74) is -0.139. The summed E-state index contributed by atoms with van der Waals surface area (Å²) >= 11 is 2.89. The molecular formula is C11H12BrFO4. The van der Waals surface area contributed by atoms with E-state index in [1.807, 2.05) is 6.92 Å². The molecule has 17 heavy (non-hydrogen) atoms. The zero-order chi connectivity index (χ0) is 12.8. The van der Waals surface area contributed by atoms with E-state index in [1.54, 1.807) is 0 Å². The molecule has 6 heteroatoms. The van der Waals surface area contributed by atoms with E-state index >= 15 is 0 Å². The van der Waals surface area contributed by atoms with Crippen LogP contribution in [-0.2, 0) is 4.74 Å². The van der Waals surface area contributed by atoms with Crippen LogP contribution in [0.3, 0.4) is 0 Å². The molecule has 0 aliphatic rings. The molecule has 1 rings (SSSR count). The van der Waals surface area contributed by atoms with Gasteiger partial charge in [0.1, 0.15) is 6.61 Å². The van der Waals surface area contributed by atoms with Gasteiger partial charge in [-0.15, -0.1) is 0 Å². The van der Waals surface area contributed by atoms with Crippen LogP contribution in [0.4, 0.5) is 4.39 Å². The van der Waals surface area contributed by atoms with Crippen molar-refractivity contribution < 1.29 is 23.8 Å². The van der Waals surface area contributed by atoms with Gasteiger partial charge in [-0.25, -0.2) is 9.18 Å². The lowest BCUT2D eigenvalue weighted by molar-refractivity contribution is 0.0695. The van der Waals surface area contributed by atoms with Crippen LogP contribution in [0.25, 0.3) is 0 Å². The van der Waals surface area contributed by atoms with E-state index < -0.39 is 11.8 Å². The van der Waals surface area contributed by atoms with Crippen molar-refractivity contribution >= 4 is 21.9 Å². The number of aromatic carboxylic acids is 1. The van der Waals surface area contributed by atoms with E-state index in [9.17, 15) is 9.18 Å². The minimum Gasteiger partial charge on any atom is -0.488 e. The number of ether oxygens (including phenoxy) is 2. The molecule has 94 valence electrons. The summed E-state index contributed by atoms with van der Waals surface area (Å²) in [6.45, 7) is 2.98. The van der Waals surface area contributed by atoms with Gasteiger partial charge in [0.2, 0.25) is 0 Å². The molecule has 0 atom stereocenters. The minimum atomic E-state index is -1.20. The number of rotatable bonds is 6. The molecule has 0 spiro atoms. The SMILES string of the molecule is CCOCCOc1ccc(C(=O)O)c(Br)c1F. The van der Waals surface area contributed by atoms with Gasteiger partial charge in [-0.3, -0.25) is 0 Å². The monoisotopic (exact) mass is 306 g/mol. The van der Waals surface area contributed by atoms with Gasteiger partial charge in [-0.05, 0) is 35.0 Å². The highest BCUT2D eigenvalue weighted by Gasteiger charge is 2.16. The number of hydrogen-bond donors (Lipinski definition) is 1. The maximum Gasteiger partial charge on any atom is 0.336 e. The normalized spacial score (nSPS) is 10.3. The molecule has 0 saturated heterocycles. The van der Waals surface area contributed by atoms with Gasteiger partial charge < -0.3 is 14.6 Å². The predicted molar refractivity (Wildman–Crippen MR) is 63.0 cm³/mol. The number of carboxylic acids is 1. The second-order valence-corrected chi connectivity index (χ2v) is 3.88. The van der Waals surface area contributed by atoms with Gasteiger partial charge in [-0.1, -0.05) is 0 Å². The molecule has 1 aromatic carbocycles. The van der Waals surface area contributed by atoms with Crippen molar-refractivity contribution in [2.75, 3.05) is 19.8 Å². The number of halogens is 2. The van der Waals surface area contributed by atoms with Crippen LogP contribution >= 0.6 is 15.9 Å². The zero-order valence-electron chi connectivity index (χ0n) is 9.20. The van der Waals surface area contributed by atoms with Gasteiger partial charge in [0.15, 0.2) is 11.6 Å². The van der Waals surface area contributed by atoms with E-state index in [1.165, 1.54) is 12.1 Å². The smallest absolute Gasteiger partial charge is 0.336 e. The lowest BCUT2D eigenvalue weighted by atomic mass is 10.2. The molecule has 4 nitrogen and oxygen atoms in total. The van der Waals surface area contributed by atoms with Crippen LogP contribution < -0.4 is 4.74 Å². The third-order valence-corrected chi connectivity index (χ3v) is 2.74. The van der Waals surface area contributed by atoms with Gasteiger partial charge >= 0.3 is 5.97 Å². The number of hydrogen-bond acceptors (Lipinski definition) is 3. The third-order valence-electron chi connectivity index (χ3n) is 1.97. The summed E-state index contributed by atoms with van der Waals surface area (Å²) in [5.74, 6) is -1.92. The Balaban J connectivity index is 2.75. The van der Waals surface area contributed by atoms with E-state index in [4.69, 9.17) is 14.6 Å². The molecule has 0 heterocycles. The van der Waals surface area contributed by atoms with E-state index in [0.717, 1.165) is 0 Å². The standard InChI is InChI=1S/C11H12BrFO4/c1-2-16-5-6-17-8-4-3-7(11(14)15)9(12)10(8)13/h3-4H,2,5-6H2,1H3,(H,14,15). The molecule has 0 unspecified atom stereocenters. The van der Waals surface area contributed by atoms with E-state index in [2.05, 4.69) is 15.9 Å². The van der Waals surface area contributed by atoms with E-state index in [-0.39, 0.29) is 22.4 Å². The van der Waals surface area contributed by atoms with Crippen LogP contribution in [0.1, 0.15) is 17.3 Å². The van der Waals surface area contributed by atoms with Crippen LogP contribution in [0, 0.1) is 5.82 Å². The van der Waals surface area contributed by atoms with Crippen molar-refractivity contribution in [3.05, 3.63) is 28.0 Å². The fraction of sp³-hybridized carbons (Fsp3) is 0.364. The summed E-state index contributed by atoms with van der Waals surface area (Å²) in [5, 5.41) is 8.77. The van der Waals surface area contributed by atoms with Crippen LogP contribution in [0.2, 0.25) is 0 Å². The Morgan fingerprint density at radius 1 is 1.47 bits per heavy atom. The summed E-state index contributed by atoms with van der Waals surface area (Å²) in [6.07, 6.45) is 0. The summed E-state index contributed by atoms with van der Waals surface area (Å²) in [6, 6.07) is 2.57. The van der Waals surface area contributed by atoms with Gasteiger partial charge in [0.05, 0.1) is 16.6 Å². The fourth-order valence-corrected chi connectivity index (χ4v) is 1.66. The molecule has 0 bridgehead atoms. The van der Waals surface area contributed by atoms with Crippen molar-refractivity contribution in [2.24, 2.45) is 0 Å². The Kier molecular flexibility index (Phi) is 5.37. The average molecular weight is 307 g/mol. The molecule has 0 aliphatic carbocycles. The maximum atomic E-state index is 13.7. The van der Waals surface area contributed by atoms with Crippen LogP contribution in [0.5, 0.6) is 5.75 Å². The second-order valence-electron chi connectivity index (χ2n) is 3.09. The van der Waals surface area contributed by atoms with Gasteiger partial charge in [-0.2, -0.15) is 0 Å². The molecule has 0 aromatic heterocycles. The topological polar surface area (TPSA) is 55.8 Å². The molecular weight excluding hydrogens is 295 g/mol. The number of carboxylic acid groups (broad SMARTS) is 1. The molecule has 0 radical (unpaired) electrons. The predicted octanol–water partition coefficient (Wildman–Crippen LogP) is 2.70. The first-order chi connectivity index (χ1) is 8.07. The largest absolute Gasteiger partial charge is 0.488 e. The zero-order valence-corrected chi connectivity index (χ0v) is 10.8. The first kappa shape index (κ1) is 13.9. The first-order valence-corrected chi connectivity index (χ1v) is 5.79. The van der Waals surface area contributed by atoms with Crippen LogP contribution in [-0.4, -0.2) is 30.9 Å². The quantitative estimate of drug-likeness (QED) is 0.821. The van der Waals surface area contributed by atoms with Gasteiger partial charge in [0.25, 0.3) is 0 Å². The van der Waals surface area contributed by atoms with Crippen LogP contribution in [0.15, 0.2) is 16.6 Å². The lowest BCUT2D eigenvalue weighted by Gasteiger charge is -2.09. The average Bonchev–Trinajstić information content (AvgIpc) is 2.29. The van der Waals surface area contributed by atoms with E-state index in [0.29, 0.717) is 13.2 Å². The third kappa shape index (κ3) is 3.67. The molecule has 0 saturated carbocycles. The Morgan fingerprint density at radius 3 is 2.76 bits per heavy atom. The number of benzene rings is 1. The highest BCUT2D eigenvalue weighted by Crippen LogP contribution is 2.28. The van der Waals surface area contributed by atoms with Crippen molar-refractivity contribution in [3.63, 3.8) is 0 Å². The Morgan fingerprint density at radius 2 is 2.18 bits per heavy atom. The molecule has 0 fully saturated rings. The van der Waals surface area contributed by atoms with Crippen molar-refractivity contribution in [1.29, 1.82) is 0 Å². The van der Waals surface area contributed by atoms with Crippen molar-refractivity contribution in [1.82, 2.24) is 0 Å². The maximum absolute atomic E-state index is 13.7. The first-order valence-electron chi connectivity index (χ1n) is 4.99. The van der Waals surface area contributed by atoms with Crippen molar-refractivity contribution in [2.45, 2.75) is 6.92 Å². The summed E-state index contributed by atoms with van der Waals surface area (Å²) in [7, 11) is 0. The minimum absolute atomic E-state index is 0.00146. The Bertz CT molecular complexity index is 409. The Labute approximate surface area is 106 Å². The summed E-state index contributed by atoms with van der Waals surface area (Å²) < 4.78 is 23.7. The fourth-order valence-electron chi connectivity index (χ4n) is 1.16. The number of carbonyl (C=O) groups is 1. The van der Waals surface area contributed by atoms with Crippen molar-refractivity contribution in [3.8, 4) is 5.75 Å². The molecule has 0 aliphatic heterocycles. The summed E-state index contributed by atoms with van der Waals surface area (Å²) in [4.78, 5) is 10.7. The second kappa shape index (κ2) is 6.56. The molecule has 1 N–H and O–H groups in total. The van der Waals surface area contributed by atoms with Gasteiger partial charge in [0, 0.05) is 6.61 Å².